The van der Waals surface area contributed by atoms with E-state index in [-0.39, 0.29) is 12.2 Å². The first-order chi connectivity index (χ1) is 9.58. The Bertz CT molecular complexity index is 489. The van der Waals surface area contributed by atoms with E-state index in [4.69, 9.17) is 10.5 Å². The largest absolute Gasteiger partial charge is 0.496 e. The van der Waals surface area contributed by atoms with Crippen LogP contribution in [0.15, 0.2) is 23.2 Å². The Labute approximate surface area is 118 Å². The lowest BCUT2D eigenvalue weighted by molar-refractivity contribution is -0.384. The number of methoxy groups -OCH3 is 1. The zero-order chi connectivity index (χ0) is 15.0. The Morgan fingerprint density at radius 3 is 2.90 bits per heavy atom. The number of unbranched alkanes of at least 4 members (excludes halogenated alkanes) is 1. The predicted molar refractivity (Wildman–Crippen MR) is 77.9 cm³/mol. The molecule has 0 aliphatic rings. The number of hydrogen-bond donors (Lipinski definition) is 2. The molecule has 20 heavy (non-hydrogen) atoms. The molecule has 110 valence electrons. The van der Waals surface area contributed by atoms with Crippen molar-refractivity contribution in [1.82, 2.24) is 5.32 Å². The van der Waals surface area contributed by atoms with Crippen LogP contribution < -0.4 is 15.8 Å². The highest BCUT2D eigenvalue weighted by Crippen LogP contribution is 2.24. The Balaban J connectivity index is 2.76. The van der Waals surface area contributed by atoms with E-state index in [2.05, 4.69) is 17.2 Å². The molecule has 0 spiro atoms. The number of guanidine groups is 1. The molecule has 7 nitrogen and oxygen atoms in total. The van der Waals surface area contributed by atoms with Gasteiger partial charge >= 0.3 is 0 Å². The summed E-state index contributed by atoms with van der Waals surface area (Å²) in [4.78, 5) is 14.5. The number of hydrogen-bond acceptors (Lipinski definition) is 4. The highest BCUT2D eigenvalue weighted by molar-refractivity contribution is 5.77. The minimum Gasteiger partial charge on any atom is -0.496 e. The molecule has 1 aromatic carbocycles. The Morgan fingerprint density at radius 1 is 1.55 bits per heavy atom. The molecule has 0 saturated heterocycles. The molecule has 7 heteroatoms. The van der Waals surface area contributed by atoms with Crippen LogP contribution in [0, 0.1) is 10.1 Å². The van der Waals surface area contributed by atoms with Gasteiger partial charge in [0.25, 0.3) is 5.69 Å². The molecule has 0 aliphatic carbocycles. The van der Waals surface area contributed by atoms with Crippen LogP contribution in [0.1, 0.15) is 25.3 Å². The molecule has 0 fully saturated rings. The number of nitrogens with one attached hydrogen (secondary N) is 1. The van der Waals surface area contributed by atoms with Gasteiger partial charge in [-0.2, -0.15) is 0 Å². The highest BCUT2D eigenvalue weighted by Gasteiger charge is 2.10. The van der Waals surface area contributed by atoms with Crippen LogP contribution in [0.25, 0.3) is 0 Å². The minimum absolute atomic E-state index is 0.00788. The Morgan fingerprint density at radius 2 is 2.30 bits per heavy atom. The predicted octanol–water partition coefficient (Wildman–Crippen LogP) is 1.81. The molecule has 0 amide bonds. The summed E-state index contributed by atoms with van der Waals surface area (Å²) in [6.45, 7) is 3.08. The first kappa shape index (κ1) is 15.7. The number of nitro groups is 1. The summed E-state index contributed by atoms with van der Waals surface area (Å²) in [6, 6.07) is 4.40. The van der Waals surface area contributed by atoms with Crippen molar-refractivity contribution < 1.29 is 9.66 Å². The molecular weight excluding hydrogens is 260 g/mol. The summed E-state index contributed by atoms with van der Waals surface area (Å²) >= 11 is 0. The number of ether oxygens (including phenoxy) is 1. The van der Waals surface area contributed by atoms with Crippen LogP contribution in [0.3, 0.4) is 0 Å². The molecule has 0 heterocycles. The number of aliphatic imine (C=N–C) groups is 1. The summed E-state index contributed by atoms with van der Waals surface area (Å²) in [7, 11) is 1.51. The maximum atomic E-state index is 10.8. The van der Waals surface area contributed by atoms with Gasteiger partial charge in [0.15, 0.2) is 5.96 Å². The number of nitrogens with two attached hydrogens (primary N) is 1. The summed E-state index contributed by atoms with van der Waals surface area (Å²) in [5, 5.41) is 13.7. The molecule has 1 aromatic rings. The molecular formula is C13H20N4O3. The van der Waals surface area contributed by atoms with Crippen molar-refractivity contribution in [2.24, 2.45) is 10.7 Å². The third-order valence-electron chi connectivity index (χ3n) is 2.73. The van der Waals surface area contributed by atoms with Crippen LogP contribution in [0.4, 0.5) is 5.69 Å². The summed E-state index contributed by atoms with van der Waals surface area (Å²) in [5.74, 6) is 0.882. The number of benzene rings is 1. The number of rotatable bonds is 7. The Hall–Kier alpha value is -2.31. The smallest absolute Gasteiger partial charge is 0.270 e. The fourth-order valence-electron chi connectivity index (χ4n) is 1.62. The molecule has 0 aromatic heterocycles. The van der Waals surface area contributed by atoms with Gasteiger partial charge in [-0.15, -0.1) is 0 Å². The fraction of sp³-hybridized carbons (Fsp3) is 0.462. The first-order valence-electron chi connectivity index (χ1n) is 6.43. The van der Waals surface area contributed by atoms with E-state index < -0.39 is 4.92 Å². The molecule has 0 aliphatic heterocycles. The minimum atomic E-state index is -0.449. The second-order valence-electron chi connectivity index (χ2n) is 4.24. The Kier molecular flexibility index (Phi) is 6.28. The van der Waals surface area contributed by atoms with Crippen molar-refractivity contribution in [2.45, 2.75) is 26.3 Å². The van der Waals surface area contributed by atoms with E-state index in [9.17, 15) is 10.1 Å². The standard InChI is InChI=1S/C13H20N4O3/c1-3-4-7-15-13(14)16-9-10-8-11(17(18)19)5-6-12(10)20-2/h5-6,8H,3-4,7,9H2,1-2H3,(H3,14,15,16). The van der Waals surface area contributed by atoms with Crippen molar-refractivity contribution in [3.8, 4) is 5.75 Å². The van der Waals surface area contributed by atoms with Gasteiger partial charge in [0.05, 0.1) is 18.6 Å². The number of nitro benzene ring substituents is 1. The van der Waals surface area contributed by atoms with Crippen LogP contribution in [-0.4, -0.2) is 24.5 Å². The lowest BCUT2D eigenvalue weighted by Gasteiger charge is -2.07. The van der Waals surface area contributed by atoms with E-state index in [1.54, 1.807) is 6.07 Å². The van der Waals surface area contributed by atoms with E-state index in [1.165, 1.54) is 19.2 Å². The van der Waals surface area contributed by atoms with Crippen LogP contribution >= 0.6 is 0 Å². The van der Waals surface area contributed by atoms with Crippen LogP contribution in [0.5, 0.6) is 5.75 Å². The van der Waals surface area contributed by atoms with Crippen molar-refractivity contribution >= 4 is 11.6 Å². The number of nitrogens with zero attached hydrogens (tertiary/aromatic N) is 2. The second-order valence-corrected chi connectivity index (χ2v) is 4.24. The fourth-order valence-corrected chi connectivity index (χ4v) is 1.62. The van der Waals surface area contributed by atoms with Gasteiger partial charge in [-0.05, 0) is 12.5 Å². The van der Waals surface area contributed by atoms with Crippen molar-refractivity contribution in [2.75, 3.05) is 13.7 Å². The van der Waals surface area contributed by atoms with Gasteiger partial charge in [-0.25, -0.2) is 4.99 Å². The average Bonchev–Trinajstić information content (AvgIpc) is 2.45. The van der Waals surface area contributed by atoms with Crippen molar-refractivity contribution in [3.05, 3.63) is 33.9 Å². The molecule has 0 radical (unpaired) electrons. The monoisotopic (exact) mass is 280 g/mol. The van der Waals surface area contributed by atoms with E-state index in [1.807, 2.05) is 0 Å². The van der Waals surface area contributed by atoms with Gasteiger partial charge in [0.1, 0.15) is 5.75 Å². The lowest BCUT2D eigenvalue weighted by atomic mass is 10.2. The second kappa shape index (κ2) is 7.98. The number of non-ortho nitro benzene ring substituents is 1. The van der Waals surface area contributed by atoms with Gasteiger partial charge in [0.2, 0.25) is 0 Å². The van der Waals surface area contributed by atoms with Crippen molar-refractivity contribution in [3.63, 3.8) is 0 Å². The molecule has 0 atom stereocenters. The van der Waals surface area contributed by atoms with Gasteiger partial charge in [-0.1, -0.05) is 13.3 Å². The third kappa shape index (κ3) is 4.75. The normalized spacial score (nSPS) is 11.2. The van der Waals surface area contributed by atoms with Gasteiger partial charge in [-0.3, -0.25) is 10.1 Å². The van der Waals surface area contributed by atoms with E-state index in [0.717, 1.165) is 19.4 Å². The summed E-state index contributed by atoms with van der Waals surface area (Å²) < 4.78 is 5.16. The zero-order valence-electron chi connectivity index (χ0n) is 11.8. The zero-order valence-corrected chi connectivity index (χ0v) is 11.8. The first-order valence-corrected chi connectivity index (χ1v) is 6.43. The van der Waals surface area contributed by atoms with Crippen LogP contribution in [-0.2, 0) is 6.54 Å². The van der Waals surface area contributed by atoms with Crippen LogP contribution in [0.2, 0.25) is 0 Å². The third-order valence-corrected chi connectivity index (χ3v) is 2.73. The molecule has 3 N–H and O–H groups in total. The maximum absolute atomic E-state index is 10.8. The quantitative estimate of drug-likeness (QED) is 0.261. The SMILES string of the molecule is CCCCNC(N)=NCc1cc([N+](=O)[O-])ccc1OC. The topological polar surface area (TPSA) is 103 Å². The van der Waals surface area contributed by atoms with Crippen molar-refractivity contribution in [1.29, 1.82) is 0 Å². The molecule has 0 unspecified atom stereocenters. The highest BCUT2D eigenvalue weighted by atomic mass is 16.6. The maximum Gasteiger partial charge on any atom is 0.270 e. The molecule has 0 saturated carbocycles. The average molecular weight is 280 g/mol. The summed E-state index contributed by atoms with van der Waals surface area (Å²) in [6.07, 6.45) is 2.08. The van der Waals surface area contributed by atoms with Gasteiger partial charge in [0, 0.05) is 24.2 Å². The molecule has 1 rings (SSSR count). The van der Waals surface area contributed by atoms with Gasteiger partial charge < -0.3 is 15.8 Å². The van der Waals surface area contributed by atoms with E-state index in [0.29, 0.717) is 17.3 Å². The summed E-state index contributed by atoms with van der Waals surface area (Å²) in [5.41, 5.74) is 6.35. The van der Waals surface area contributed by atoms with E-state index >= 15 is 0 Å². The molecule has 0 bridgehead atoms. The lowest BCUT2D eigenvalue weighted by Crippen LogP contribution is -2.32.